The molecule has 3 N–H and O–H groups in total. The quantitative estimate of drug-likeness (QED) is 0.297. The van der Waals surface area contributed by atoms with Crippen LogP contribution in [0.15, 0.2) is 66.0 Å². The third-order valence-corrected chi connectivity index (χ3v) is 9.99. The number of hydrogen-bond donors (Lipinski definition) is 3. The van der Waals surface area contributed by atoms with Crippen LogP contribution < -0.4 is 0 Å². The lowest BCUT2D eigenvalue weighted by atomic mass is 9.81. The van der Waals surface area contributed by atoms with E-state index in [1.807, 2.05) is 19.1 Å². The third-order valence-electron chi connectivity index (χ3n) is 9.99. The van der Waals surface area contributed by atoms with Crippen LogP contribution >= 0.6 is 0 Å². The van der Waals surface area contributed by atoms with Gasteiger partial charge in [-0.1, -0.05) is 70.2 Å². The van der Waals surface area contributed by atoms with Crippen LogP contribution in [0.25, 0.3) is 5.57 Å². The molecule has 0 spiro atoms. The molecule has 37 heavy (non-hydrogen) atoms. The van der Waals surface area contributed by atoms with Gasteiger partial charge in [0.25, 0.3) is 0 Å². The highest BCUT2D eigenvalue weighted by Gasteiger charge is 2.61. The molecule has 0 aliphatic heterocycles. The van der Waals surface area contributed by atoms with E-state index < -0.39 is 0 Å². The Morgan fingerprint density at radius 3 is 2.24 bits per heavy atom. The lowest BCUT2D eigenvalue weighted by molar-refractivity contribution is 0.415. The maximum absolute atomic E-state index is 11.6. The number of aromatic hydroxyl groups is 2. The number of aryl methyl sites for hydroxylation is 1. The number of fused-ring (bicyclic) bond motifs is 4. The van der Waals surface area contributed by atoms with Gasteiger partial charge in [-0.2, -0.15) is 0 Å². The van der Waals surface area contributed by atoms with Gasteiger partial charge in [-0.05, 0) is 96.7 Å². The fourth-order valence-corrected chi connectivity index (χ4v) is 7.08. The molecule has 2 aromatic rings. The normalized spacial score (nSPS) is 33.0. The minimum atomic E-state index is -0.122. The summed E-state index contributed by atoms with van der Waals surface area (Å²) in [5, 5.41) is 33.8. The van der Waals surface area contributed by atoms with Gasteiger partial charge in [0.15, 0.2) is 0 Å². The van der Waals surface area contributed by atoms with E-state index in [4.69, 9.17) is 0 Å². The number of hydrogen-bond acceptors (Lipinski definition) is 3. The Kier molecular flexibility index (Phi) is 5.78. The minimum absolute atomic E-state index is 0.0381. The van der Waals surface area contributed by atoms with Crippen LogP contribution in [0, 0.1) is 24.7 Å². The van der Waals surface area contributed by atoms with Crippen LogP contribution in [0.4, 0.5) is 0 Å². The van der Waals surface area contributed by atoms with Crippen molar-refractivity contribution >= 4 is 5.57 Å². The summed E-state index contributed by atoms with van der Waals surface area (Å²) >= 11 is 0. The van der Waals surface area contributed by atoms with E-state index in [9.17, 15) is 15.3 Å². The molecule has 2 bridgehead atoms. The van der Waals surface area contributed by atoms with E-state index in [1.165, 1.54) is 16.7 Å². The van der Waals surface area contributed by atoms with Crippen LogP contribution in [0.3, 0.4) is 0 Å². The van der Waals surface area contributed by atoms with Crippen LogP contribution in [0.5, 0.6) is 11.5 Å². The van der Waals surface area contributed by atoms with Crippen molar-refractivity contribution in [3.63, 3.8) is 0 Å². The molecule has 0 aromatic heterocycles. The Morgan fingerprint density at radius 2 is 1.65 bits per heavy atom. The summed E-state index contributed by atoms with van der Waals surface area (Å²) in [7, 11) is 0. The number of benzene rings is 2. The molecule has 194 valence electrons. The van der Waals surface area contributed by atoms with Crippen molar-refractivity contribution in [2.75, 3.05) is 0 Å². The first-order valence-electron chi connectivity index (χ1n) is 13.5. The summed E-state index contributed by atoms with van der Waals surface area (Å²) in [5.74, 6) is 1.74. The van der Waals surface area contributed by atoms with Gasteiger partial charge in [0, 0.05) is 22.1 Å². The summed E-state index contributed by atoms with van der Waals surface area (Å²) in [6.07, 6.45) is 8.03. The summed E-state index contributed by atoms with van der Waals surface area (Å²) in [4.78, 5) is 0. The highest BCUT2D eigenvalue weighted by molar-refractivity contribution is 5.88. The van der Waals surface area contributed by atoms with Crippen LogP contribution in [0.1, 0.15) is 81.3 Å². The molecule has 3 nitrogen and oxygen atoms in total. The Labute approximate surface area is 221 Å². The Morgan fingerprint density at radius 1 is 1.03 bits per heavy atom. The van der Waals surface area contributed by atoms with Crippen molar-refractivity contribution in [2.45, 2.75) is 72.1 Å². The van der Waals surface area contributed by atoms with Gasteiger partial charge in [0.2, 0.25) is 0 Å². The van der Waals surface area contributed by atoms with Gasteiger partial charge in [0.05, 0.1) is 5.76 Å². The Balaban J connectivity index is 1.74. The summed E-state index contributed by atoms with van der Waals surface area (Å²) in [6, 6.07) is 8.18. The van der Waals surface area contributed by atoms with Crippen molar-refractivity contribution in [1.29, 1.82) is 0 Å². The second-order valence-electron chi connectivity index (χ2n) is 12.1. The largest absolute Gasteiger partial charge is 0.512 e. The van der Waals surface area contributed by atoms with Gasteiger partial charge in [-0.3, -0.25) is 0 Å². The zero-order valence-electron chi connectivity index (χ0n) is 23.2. The first kappa shape index (κ1) is 25.4. The van der Waals surface area contributed by atoms with E-state index in [2.05, 4.69) is 71.6 Å². The molecule has 0 saturated heterocycles. The number of phenols is 2. The molecule has 2 fully saturated rings. The Hall–Kier alpha value is -3.20. The van der Waals surface area contributed by atoms with E-state index >= 15 is 0 Å². The maximum Gasteiger partial charge on any atom is 0.127 e. The van der Waals surface area contributed by atoms with Gasteiger partial charge in [0.1, 0.15) is 11.5 Å². The number of rotatable bonds is 3. The zero-order chi connectivity index (χ0) is 27.0. The fraction of sp³-hybridized carbons (Fsp3) is 0.412. The highest BCUT2D eigenvalue weighted by atomic mass is 16.3. The van der Waals surface area contributed by atoms with Crippen molar-refractivity contribution in [1.82, 2.24) is 0 Å². The standard InChI is InChI=1S/C34H40O3/c1-9-23-11-10-12-24-14-26(34(8)21(5)30(34)20(23)4)16-28(32(24)37)29(22(6)35)27-15-25(13-18(2)31(27)36)33(7)17-19(33)3/h9-11,13-16,20-21,30,35-37H,3,12,17H2,1-2,4-8H3/b11-10+,23-9+,29-22+/t20-,21?,30?,33?,34?/m0/s1. The van der Waals surface area contributed by atoms with Gasteiger partial charge < -0.3 is 15.3 Å². The predicted octanol–water partition coefficient (Wildman–Crippen LogP) is 8.18. The first-order valence-corrected chi connectivity index (χ1v) is 13.5. The van der Waals surface area contributed by atoms with Crippen LogP contribution in [-0.4, -0.2) is 15.3 Å². The Bertz CT molecular complexity index is 1420. The fourth-order valence-electron chi connectivity index (χ4n) is 7.08. The minimum Gasteiger partial charge on any atom is -0.512 e. The van der Waals surface area contributed by atoms with Crippen molar-refractivity contribution < 1.29 is 15.3 Å². The third kappa shape index (κ3) is 3.69. The smallest absolute Gasteiger partial charge is 0.127 e. The molecule has 5 atom stereocenters. The molecule has 0 amide bonds. The molecule has 5 rings (SSSR count). The van der Waals surface area contributed by atoms with Crippen LogP contribution in [-0.2, 0) is 17.3 Å². The predicted molar refractivity (Wildman–Crippen MR) is 152 cm³/mol. The van der Waals surface area contributed by atoms with Gasteiger partial charge in [-0.15, -0.1) is 0 Å². The van der Waals surface area contributed by atoms with E-state index in [-0.39, 0.29) is 28.1 Å². The number of allylic oxidation sites excluding steroid dienone is 6. The maximum atomic E-state index is 11.6. The van der Waals surface area contributed by atoms with E-state index in [0.717, 1.165) is 23.1 Å². The molecule has 0 heterocycles. The number of aliphatic hydroxyl groups excluding tert-OH is 1. The highest BCUT2D eigenvalue weighted by Crippen LogP contribution is 2.65. The second-order valence-corrected chi connectivity index (χ2v) is 12.1. The van der Waals surface area contributed by atoms with Gasteiger partial charge in [-0.25, -0.2) is 0 Å². The average molecular weight is 497 g/mol. The first-order chi connectivity index (χ1) is 17.4. The number of aliphatic hydroxyl groups is 1. The summed E-state index contributed by atoms with van der Waals surface area (Å²) in [6.45, 7) is 18.9. The molecule has 3 heteroatoms. The average Bonchev–Trinajstić information content (AvgIpc) is 3.65. The van der Waals surface area contributed by atoms with Crippen molar-refractivity contribution in [3.05, 3.63) is 99.4 Å². The SMILES string of the molecule is C=C1CC1(C)c1cc(C)c(O)c(/C(=C(/C)O)c2cc3cc(c2O)C/C=C/C(=C\C)[C@H](C)C2C(C)C32C)c1. The molecular formula is C34H40O3. The van der Waals surface area contributed by atoms with E-state index in [1.54, 1.807) is 6.92 Å². The monoisotopic (exact) mass is 496 g/mol. The van der Waals surface area contributed by atoms with Gasteiger partial charge >= 0.3 is 0 Å². The molecule has 3 aliphatic carbocycles. The second kappa shape index (κ2) is 8.41. The van der Waals surface area contributed by atoms with E-state index in [0.29, 0.717) is 40.9 Å². The molecule has 0 radical (unpaired) electrons. The lowest BCUT2D eigenvalue weighted by Gasteiger charge is -2.24. The topological polar surface area (TPSA) is 60.7 Å². The molecule has 3 aliphatic rings. The van der Waals surface area contributed by atoms with Crippen molar-refractivity contribution in [2.24, 2.45) is 17.8 Å². The molecule has 4 unspecified atom stereocenters. The zero-order valence-corrected chi connectivity index (χ0v) is 23.2. The number of phenolic OH excluding ortho intramolecular Hbond substituents is 2. The lowest BCUT2D eigenvalue weighted by Crippen LogP contribution is -2.14. The summed E-state index contributed by atoms with van der Waals surface area (Å²) in [5.41, 5.74) is 7.78. The van der Waals surface area contributed by atoms with Crippen molar-refractivity contribution in [3.8, 4) is 11.5 Å². The molecular weight excluding hydrogens is 456 g/mol. The molecule has 2 saturated carbocycles. The summed E-state index contributed by atoms with van der Waals surface area (Å²) < 4.78 is 0. The van der Waals surface area contributed by atoms with Crippen LogP contribution in [0.2, 0.25) is 0 Å². The molecule has 2 aromatic carbocycles.